The Morgan fingerprint density at radius 1 is 0.918 bits per heavy atom. The molecule has 3 aromatic carbocycles. The molecule has 0 radical (unpaired) electrons. The van der Waals surface area contributed by atoms with Crippen LogP contribution in [-0.2, 0) is 16.8 Å². The van der Waals surface area contributed by atoms with E-state index in [1.54, 1.807) is 31.4 Å². The predicted octanol–water partition coefficient (Wildman–Crippen LogP) is 8.44. The number of alkyl halides is 1. The molecule has 0 N–H and O–H groups in total. The monoisotopic (exact) mass is 673 g/mol. The van der Waals surface area contributed by atoms with Crippen LogP contribution >= 0.6 is 0 Å². The van der Waals surface area contributed by atoms with Crippen molar-refractivity contribution in [2.24, 2.45) is 0 Å². The van der Waals surface area contributed by atoms with E-state index in [1.165, 1.54) is 32.2 Å². The fraction of sp³-hybridized carbons (Fsp3) is 0.359. The van der Waals surface area contributed by atoms with Crippen LogP contribution in [0, 0.1) is 5.82 Å². The van der Waals surface area contributed by atoms with E-state index in [0.29, 0.717) is 60.3 Å². The first-order valence-corrected chi connectivity index (χ1v) is 16.2. The Hall–Kier alpha value is -4.83. The van der Waals surface area contributed by atoms with E-state index in [9.17, 15) is 18.4 Å². The molecule has 1 unspecified atom stereocenters. The third-order valence-electron chi connectivity index (χ3n) is 8.64. The van der Waals surface area contributed by atoms with Crippen LogP contribution in [0.3, 0.4) is 0 Å². The first kappa shape index (κ1) is 35.5. The number of benzene rings is 3. The van der Waals surface area contributed by atoms with Crippen LogP contribution in [0.15, 0.2) is 66.7 Å². The number of carbonyl (C=O) groups excluding carboxylic acids is 2. The van der Waals surface area contributed by atoms with Gasteiger partial charge in [0.1, 0.15) is 41.5 Å². The second-order valence-corrected chi connectivity index (χ2v) is 12.5. The molecule has 0 fully saturated rings. The molecule has 10 heteroatoms. The summed E-state index contributed by atoms with van der Waals surface area (Å²) in [5.74, 6) is 0.878. The average Bonchev–Trinajstić information content (AvgIpc) is 3.10. The Labute approximate surface area is 285 Å². The van der Waals surface area contributed by atoms with Gasteiger partial charge in [-0.2, -0.15) is 0 Å². The minimum atomic E-state index is -1.53. The van der Waals surface area contributed by atoms with Crippen LogP contribution in [-0.4, -0.2) is 50.6 Å². The molecule has 0 saturated carbocycles. The lowest BCUT2D eigenvalue weighted by Crippen LogP contribution is -2.28. The SMILES string of the molecule is COc1ccc(COCCOc2ccc(C(=O)CCC(=O)c3cc4c(c(-c5ccc(F)c(C(C)F)c5)n3)OCCC4(C)C)cc2OC)cc1. The third kappa shape index (κ3) is 8.43. The van der Waals surface area contributed by atoms with Gasteiger partial charge in [-0.1, -0.05) is 26.0 Å². The van der Waals surface area contributed by atoms with Crippen molar-refractivity contribution in [3.05, 3.63) is 100 Å². The molecule has 0 bridgehead atoms. The number of aromatic nitrogens is 1. The average molecular weight is 674 g/mol. The first-order valence-electron chi connectivity index (χ1n) is 16.2. The first-order chi connectivity index (χ1) is 23.5. The summed E-state index contributed by atoms with van der Waals surface area (Å²) in [5, 5.41) is 0. The van der Waals surface area contributed by atoms with Crippen molar-refractivity contribution in [1.82, 2.24) is 4.98 Å². The quantitative estimate of drug-likeness (QED) is 0.0917. The van der Waals surface area contributed by atoms with Crippen molar-refractivity contribution < 1.29 is 42.1 Å². The zero-order chi connectivity index (χ0) is 35.1. The maximum Gasteiger partial charge on any atom is 0.181 e. The highest BCUT2D eigenvalue weighted by atomic mass is 19.1. The number of rotatable bonds is 15. The predicted molar refractivity (Wildman–Crippen MR) is 181 cm³/mol. The summed E-state index contributed by atoms with van der Waals surface area (Å²) in [5.41, 5.74) is 2.67. The number of methoxy groups -OCH3 is 2. The largest absolute Gasteiger partial charge is 0.497 e. The van der Waals surface area contributed by atoms with E-state index >= 15 is 0 Å². The summed E-state index contributed by atoms with van der Waals surface area (Å²) in [6.45, 7) is 6.85. The minimum Gasteiger partial charge on any atom is -0.497 e. The van der Waals surface area contributed by atoms with Gasteiger partial charge in [0, 0.05) is 35.1 Å². The van der Waals surface area contributed by atoms with Gasteiger partial charge in [0.25, 0.3) is 0 Å². The molecule has 0 spiro atoms. The molecule has 49 heavy (non-hydrogen) atoms. The maximum absolute atomic E-state index is 14.3. The van der Waals surface area contributed by atoms with Crippen molar-refractivity contribution in [3.63, 3.8) is 0 Å². The molecule has 0 amide bonds. The lowest BCUT2D eigenvalue weighted by atomic mass is 9.79. The molecule has 0 aliphatic carbocycles. The maximum atomic E-state index is 14.3. The number of pyridine rings is 1. The number of hydrogen-bond acceptors (Lipinski definition) is 8. The van der Waals surface area contributed by atoms with Gasteiger partial charge in [0.15, 0.2) is 23.1 Å². The molecule has 4 aromatic rings. The highest BCUT2D eigenvalue weighted by molar-refractivity contribution is 6.02. The Morgan fingerprint density at radius 2 is 1.67 bits per heavy atom. The van der Waals surface area contributed by atoms with Crippen LogP contribution in [0.2, 0.25) is 0 Å². The second-order valence-electron chi connectivity index (χ2n) is 12.5. The number of halogens is 2. The molecule has 1 aliphatic rings. The van der Waals surface area contributed by atoms with E-state index in [4.69, 9.17) is 23.7 Å². The number of fused-ring (bicyclic) bond motifs is 1. The number of nitrogens with zero attached hydrogens (tertiary/aromatic N) is 1. The normalized spacial score (nSPS) is 13.9. The van der Waals surface area contributed by atoms with Gasteiger partial charge in [-0.25, -0.2) is 13.8 Å². The lowest BCUT2D eigenvalue weighted by molar-refractivity contribution is 0.0878. The molecule has 0 saturated heterocycles. The minimum absolute atomic E-state index is 0.0601. The summed E-state index contributed by atoms with van der Waals surface area (Å²) in [7, 11) is 3.11. The van der Waals surface area contributed by atoms with Crippen LogP contribution < -0.4 is 18.9 Å². The number of hydrogen-bond donors (Lipinski definition) is 0. The van der Waals surface area contributed by atoms with Gasteiger partial charge >= 0.3 is 0 Å². The highest BCUT2D eigenvalue weighted by Crippen LogP contribution is 2.44. The Bertz CT molecular complexity index is 1800. The Balaban J connectivity index is 1.24. The van der Waals surface area contributed by atoms with Crippen molar-refractivity contribution in [2.45, 2.75) is 58.2 Å². The van der Waals surface area contributed by atoms with Crippen LogP contribution in [0.1, 0.15) is 83.7 Å². The van der Waals surface area contributed by atoms with Crippen molar-refractivity contribution >= 4 is 11.6 Å². The van der Waals surface area contributed by atoms with Crippen molar-refractivity contribution in [2.75, 3.05) is 34.0 Å². The second kappa shape index (κ2) is 15.6. The standard InChI is InChI=1S/C39H41F2NO7/c1-24(40)29-20-27(8-12-31(29)41)37-38-30(39(2,3)16-17-49-38)22-32(42-37)34(44)14-13-33(43)26-9-15-35(36(21-26)46-5)48-19-18-47-23-25-6-10-28(45-4)11-7-25/h6-12,15,20-22,24H,13-14,16-19,23H2,1-5H3. The van der Waals surface area contributed by atoms with Gasteiger partial charge in [0.2, 0.25) is 0 Å². The molecule has 1 atom stereocenters. The molecular formula is C39H41F2NO7. The summed E-state index contributed by atoms with van der Waals surface area (Å²) in [6.07, 6.45) is -0.972. The Kier molecular flexibility index (Phi) is 11.3. The van der Waals surface area contributed by atoms with E-state index in [-0.39, 0.29) is 47.7 Å². The molecule has 1 aliphatic heterocycles. The van der Waals surface area contributed by atoms with Gasteiger partial charge in [0.05, 0.1) is 34.0 Å². The molecule has 258 valence electrons. The van der Waals surface area contributed by atoms with Crippen molar-refractivity contribution in [1.29, 1.82) is 0 Å². The van der Waals surface area contributed by atoms with E-state index < -0.39 is 12.0 Å². The zero-order valence-electron chi connectivity index (χ0n) is 28.4. The lowest BCUT2D eigenvalue weighted by Gasteiger charge is -2.33. The number of ketones is 2. The summed E-state index contributed by atoms with van der Waals surface area (Å²) < 4.78 is 56.7. The molecule has 1 aromatic heterocycles. The van der Waals surface area contributed by atoms with Gasteiger partial charge < -0.3 is 23.7 Å². The van der Waals surface area contributed by atoms with E-state index in [2.05, 4.69) is 4.98 Å². The smallest absolute Gasteiger partial charge is 0.181 e. The van der Waals surface area contributed by atoms with Gasteiger partial charge in [-0.05, 0) is 78.9 Å². The fourth-order valence-electron chi connectivity index (χ4n) is 5.64. The molecule has 2 heterocycles. The topological polar surface area (TPSA) is 93.2 Å². The molecular weight excluding hydrogens is 632 g/mol. The summed E-state index contributed by atoms with van der Waals surface area (Å²) in [4.78, 5) is 31.3. The van der Waals surface area contributed by atoms with E-state index in [1.807, 2.05) is 38.1 Å². The third-order valence-corrected chi connectivity index (χ3v) is 8.64. The number of ether oxygens (including phenoxy) is 5. The van der Waals surface area contributed by atoms with Crippen LogP contribution in [0.4, 0.5) is 8.78 Å². The van der Waals surface area contributed by atoms with Crippen molar-refractivity contribution in [3.8, 4) is 34.3 Å². The summed E-state index contributed by atoms with van der Waals surface area (Å²) in [6, 6.07) is 18.3. The molecule has 5 rings (SSSR count). The van der Waals surface area contributed by atoms with Crippen LogP contribution in [0.25, 0.3) is 11.3 Å². The van der Waals surface area contributed by atoms with Gasteiger partial charge in [-0.3, -0.25) is 9.59 Å². The zero-order valence-corrected chi connectivity index (χ0v) is 28.4. The highest BCUT2D eigenvalue weighted by Gasteiger charge is 2.33. The fourth-order valence-corrected chi connectivity index (χ4v) is 5.64. The number of carbonyl (C=O) groups is 2. The summed E-state index contributed by atoms with van der Waals surface area (Å²) >= 11 is 0. The molecule has 8 nitrogen and oxygen atoms in total. The van der Waals surface area contributed by atoms with Crippen LogP contribution in [0.5, 0.6) is 23.0 Å². The number of Topliss-reactive ketones (excluding diaryl/α,β-unsaturated/α-hetero) is 2. The Morgan fingerprint density at radius 3 is 2.39 bits per heavy atom. The van der Waals surface area contributed by atoms with Gasteiger partial charge in [-0.15, -0.1) is 0 Å². The van der Waals surface area contributed by atoms with E-state index in [0.717, 1.165) is 16.9 Å².